The molecule has 1 unspecified atom stereocenters. The number of ether oxygens (including phenoxy) is 1. The molecule has 2 rings (SSSR count). The van der Waals surface area contributed by atoms with Crippen molar-refractivity contribution in [2.45, 2.75) is 25.8 Å². The third-order valence-electron chi connectivity index (χ3n) is 3.14. The fourth-order valence-electron chi connectivity index (χ4n) is 2.17. The van der Waals surface area contributed by atoms with Crippen molar-refractivity contribution in [1.29, 1.82) is 0 Å². The normalized spacial score (nSPS) is 12.1. The van der Waals surface area contributed by atoms with E-state index in [1.807, 2.05) is 6.07 Å². The number of aromatic nitrogens is 2. The number of nitrogens with zero attached hydrogens (tertiary/aromatic N) is 2. The Kier molecular flexibility index (Phi) is 5.50. The monoisotopic (exact) mass is 271 g/mol. The number of benzene rings is 1. The van der Waals surface area contributed by atoms with Gasteiger partial charge in [0, 0.05) is 12.4 Å². The lowest BCUT2D eigenvalue weighted by Gasteiger charge is -2.19. The highest BCUT2D eigenvalue weighted by molar-refractivity contribution is 5.25. The van der Waals surface area contributed by atoms with Gasteiger partial charge in [0.2, 0.25) is 5.88 Å². The minimum absolute atomic E-state index is 0.112. The van der Waals surface area contributed by atoms with E-state index in [9.17, 15) is 0 Å². The van der Waals surface area contributed by atoms with Gasteiger partial charge < -0.3 is 10.1 Å². The van der Waals surface area contributed by atoms with Crippen molar-refractivity contribution in [2.24, 2.45) is 0 Å². The fraction of sp³-hybridized carbons (Fsp3) is 0.375. The van der Waals surface area contributed by atoms with Gasteiger partial charge >= 0.3 is 0 Å². The van der Waals surface area contributed by atoms with Crippen LogP contribution in [0, 0.1) is 0 Å². The Hall–Kier alpha value is -1.94. The summed E-state index contributed by atoms with van der Waals surface area (Å²) in [6.07, 6.45) is 5.31. The molecule has 0 radical (unpaired) electrons. The van der Waals surface area contributed by atoms with Gasteiger partial charge in [-0.25, -0.2) is 4.98 Å². The van der Waals surface area contributed by atoms with Gasteiger partial charge in [-0.1, -0.05) is 37.3 Å². The summed E-state index contributed by atoms with van der Waals surface area (Å²) in [6, 6.07) is 10.5. The molecule has 0 aliphatic carbocycles. The van der Waals surface area contributed by atoms with Crippen LogP contribution in [0.2, 0.25) is 0 Å². The highest BCUT2D eigenvalue weighted by Gasteiger charge is 2.18. The SMILES string of the molecule is CCCNC(Cc1ccccc1)c1nccnc1OC. The summed E-state index contributed by atoms with van der Waals surface area (Å²) in [5, 5.41) is 3.53. The molecule has 0 saturated carbocycles. The van der Waals surface area contributed by atoms with Gasteiger partial charge in [0.25, 0.3) is 0 Å². The zero-order valence-electron chi connectivity index (χ0n) is 12.0. The molecule has 0 amide bonds. The van der Waals surface area contributed by atoms with E-state index < -0.39 is 0 Å². The van der Waals surface area contributed by atoms with E-state index in [0.29, 0.717) is 5.88 Å². The van der Waals surface area contributed by atoms with Crippen LogP contribution in [0.3, 0.4) is 0 Å². The largest absolute Gasteiger partial charge is 0.480 e. The first kappa shape index (κ1) is 14.5. The Labute approximate surface area is 120 Å². The van der Waals surface area contributed by atoms with Crippen LogP contribution >= 0.6 is 0 Å². The molecule has 1 heterocycles. The van der Waals surface area contributed by atoms with Gasteiger partial charge in [-0.05, 0) is 24.9 Å². The minimum atomic E-state index is 0.112. The van der Waals surface area contributed by atoms with Crippen LogP contribution in [-0.4, -0.2) is 23.6 Å². The molecule has 1 aromatic carbocycles. The molecule has 0 spiro atoms. The van der Waals surface area contributed by atoms with E-state index in [2.05, 4.69) is 46.5 Å². The van der Waals surface area contributed by atoms with E-state index in [-0.39, 0.29) is 6.04 Å². The molecule has 1 N–H and O–H groups in total. The van der Waals surface area contributed by atoms with Crippen molar-refractivity contribution in [1.82, 2.24) is 15.3 Å². The summed E-state index contributed by atoms with van der Waals surface area (Å²) in [5.41, 5.74) is 2.14. The quantitative estimate of drug-likeness (QED) is 0.841. The van der Waals surface area contributed by atoms with Crippen LogP contribution < -0.4 is 10.1 Å². The number of nitrogens with one attached hydrogen (secondary N) is 1. The average Bonchev–Trinajstić information content (AvgIpc) is 2.52. The molecular weight excluding hydrogens is 250 g/mol. The van der Waals surface area contributed by atoms with E-state index in [1.165, 1.54) is 5.56 Å². The van der Waals surface area contributed by atoms with Crippen LogP contribution in [0.5, 0.6) is 5.88 Å². The minimum Gasteiger partial charge on any atom is -0.480 e. The van der Waals surface area contributed by atoms with E-state index in [1.54, 1.807) is 19.5 Å². The molecule has 106 valence electrons. The summed E-state index contributed by atoms with van der Waals surface area (Å²) >= 11 is 0. The number of rotatable bonds is 7. The zero-order valence-corrected chi connectivity index (χ0v) is 12.0. The topological polar surface area (TPSA) is 47.0 Å². The molecule has 0 fully saturated rings. The highest BCUT2D eigenvalue weighted by atomic mass is 16.5. The Morgan fingerprint density at radius 1 is 1.15 bits per heavy atom. The second-order valence-electron chi connectivity index (χ2n) is 4.65. The predicted octanol–water partition coefficient (Wildman–Crippen LogP) is 2.77. The third kappa shape index (κ3) is 3.78. The van der Waals surface area contributed by atoms with Crippen molar-refractivity contribution >= 4 is 0 Å². The Bertz CT molecular complexity index is 516. The maximum absolute atomic E-state index is 5.33. The molecule has 0 aliphatic rings. The Balaban J connectivity index is 2.22. The molecule has 0 saturated heterocycles. The number of hydrogen-bond acceptors (Lipinski definition) is 4. The predicted molar refractivity (Wildman–Crippen MR) is 79.8 cm³/mol. The maximum atomic E-state index is 5.33. The fourth-order valence-corrected chi connectivity index (χ4v) is 2.17. The standard InChI is InChI=1S/C16H21N3O/c1-3-9-17-14(12-13-7-5-4-6-8-13)15-16(20-2)19-11-10-18-15/h4-8,10-11,14,17H,3,9,12H2,1-2H3. The third-order valence-corrected chi connectivity index (χ3v) is 3.14. The Morgan fingerprint density at radius 3 is 2.60 bits per heavy atom. The van der Waals surface area contributed by atoms with Crippen LogP contribution in [0.1, 0.15) is 30.6 Å². The van der Waals surface area contributed by atoms with E-state index >= 15 is 0 Å². The van der Waals surface area contributed by atoms with Crippen molar-refractivity contribution in [3.63, 3.8) is 0 Å². The lowest BCUT2D eigenvalue weighted by molar-refractivity contribution is 0.376. The first-order valence-corrected chi connectivity index (χ1v) is 6.97. The van der Waals surface area contributed by atoms with Crippen molar-refractivity contribution < 1.29 is 4.74 Å². The molecule has 2 aromatic rings. The summed E-state index contributed by atoms with van der Waals surface area (Å²) in [4.78, 5) is 8.69. The average molecular weight is 271 g/mol. The highest BCUT2D eigenvalue weighted by Crippen LogP contribution is 2.23. The first-order valence-electron chi connectivity index (χ1n) is 6.97. The van der Waals surface area contributed by atoms with Crippen LogP contribution in [0.15, 0.2) is 42.7 Å². The van der Waals surface area contributed by atoms with Crippen LogP contribution in [0.25, 0.3) is 0 Å². The van der Waals surface area contributed by atoms with Gasteiger partial charge in [0.05, 0.1) is 13.2 Å². The lowest BCUT2D eigenvalue weighted by atomic mass is 10.0. The van der Waals surface area contributed by atoms with Crippen molar-refractivity contribution in [2.75, 3.05) is 13.7 Å². The van der Waals surface area contributed by atoms with Gasteiger partial charge in [0.15, 0.2) is 0 Å². The molecule has 4 nitrogen and oxygen atoms in total. The molecule has 20 heavy (non-hydrogen) atoms. The summed E-state index contributed by atoms with van der Waals surface area (Å²) in [7, 11) is 1.63. The maximum Gasteiger partial charge on any atom is 0.237 e. The van der Waals surface area contributed by atoms with Gasteiger partial charge in [-0.2, -0.15) is 0 Å². The number of methoxy groups -OCH3 is 1. The molecular formula is C16H21N3O. The van der Waals surface area contributed by atoms with E-state index in [4.69, 9.17) is 4.74 Å². The first-order chi connectivity index (χ1) is 9.85. The van der Waals surface area contributed by atoms with Gasteiger partial charge in [0.1, 0.15) is 5.69 Å². The Morgan fingerprint density at radius 2 is 1.90 bits per heavy atom. The number of hydrogen-bond donors (Lipinski definition) is 1. The van der Waals surface area contributed by atoms with Gasteiger partial charge in [-0.3, -0.25) is 4.98 Å². The summed E-state index contributed by atoms with van der Waals surface area (Å²) in [6.45, 7) is 3.09. The van der Waals surface area contributed by atoms with Crippen LogP contribution in [-0.2, 0) is 6.42 Å². The van der Waals surface area contributed by atoms with Crippen molar-refractivity contribution in [3.05, 3.63) is 54.0 Å². The molecule has 4 heteroatoms. The van der Waals surface area contributed by atoms with Crippen LogP contribution in [0.4, 0.5) is 0 Å². The second-order valence-corrected chi connectivity index (χ2v) is 4.65. The van der Waals surface area contributed by atoms with Crippen molar-refractivity contribution in [3.8, 4) is 5.88 Å². The van der Waals surface area contributed by atoms with E-state index in [0.717, 1.165) is 25.1 Å². The zero-order chi connectivity index (χ0) is 14.2. The molecule has 1 aromatic heterocycles. The summed E-state index contributed by atoms with van der Waals surface area (Å²) < 4.78 is 5.33. The lowest BCUT2D eigenvalue weighted by Crippen LogP contribution is -2.25. The molecule has 1 atom stereocenters. The second kappa shape index (κ2) is 7.60. The summed E-state index contributed by atoms with van der Waals surface area (Å²) in [5.74, 6) is 0.594. The molecule has 0 bridgehead atoms. The van der Waals surface area contributed by atoms with Gasteiger partial charge in [-0.15, -0.1) is 0 Å². The molecule has 0 aliphatic heterocycles. The smallest absolute Gasteiger partial charge is 0.237 e.